The summed E-state index contributed by atoms with van der Waals surface area (Å²) < 4.78 is 11.6. The number of aryl methyl sites for hydroxylation is 1. The van der Waals surface area contributed by atoms with Gasteiger partial charge in [0.05, 0.1) is 18.7 Å². The van der Waals surface area contributed by atoms with Crippen molar-refractivity contribution in [3.63, 3.8) is 0 Å². The van der Waals surface area contributed by atoms with Crippen LogP contribution in [-0.2, 0) is 6.42 Å². The Hall–Kier alpha value is -0.740. The average Bonchev–Trinajstić information content (AvgIpc) is 2.28. The SMILES string of the molecule is CNCCc1c(C)cc(OC)c(OC)c1Br. The maximum Gasteiger partial charge on any atom is 0.175 e. The van der Waals surface area contributed by atoms with Crippen LogP contribution in [-0.4, -0.2) is 27.8 Å². The minimum absolute atomic E-state index is 0.763. The molecule has 0 spiro atoms. The summed E-state index contributed by atoms with van der Waals surface area (Å²) in [5, 5.41) is 3.14. The van der Waals surface area contributed by atoms with Crippen molar-refractivity contribution in [2.45, 2.75) is 13.3 Å². The molecule has 4 heteroatoms. The first-order valence-electron chi connectivity index (χ1n) is 5.20. The maximum atomic E-state index is 5.35. The smallest absolute Gasteiger partial charge is 0.175 e. The molecule has 0 unspecified atom stereocenters. The lowest BCUT2D eigenvalue weighted by molar-refractivity contribution is 0.352. The van der Waals surface area contributed by atoms with Gasteiger partial charge in [-0.25, -0.2) is 0 Å². The van der Waals surface area contributed by atoms with E-state index in [1.165, 1.54) is 11.1 Å². The fraction of sp³-hybridized carbons (Fsp3) is 0.500. The zero-order valence-electron chi connectivity index (χ0n) is 10.2. The number of halogens is 1. The molecule has 1 N–H and O–H groups in total. The number of hydrogen-bond acceptors (Lipinski definition) is 3. The van der Waals surface area contributed by atoms with Crippen LogP contribution < -0.4 is 14.8 Å². The molecule has 0 amide bonds. The number of methoxy groups -OCH3 is 2. The van der Waals surface area contributed by atoms with Crippen LogP contribution >= 0.6 is 15.9 Å². The standard InChI is InChI=1S/C12H18BrNO2/c1-8-7-10(15-3)12(16-4)11(13)9(8)5-6-14-2/h7,14H,5-6H2,1-4H3. The summed E-state index contributed by atoms with van der Waals surface area (Å²) >= 11 is 3.58. The summed E-state index contributed by atoms with van der Waals surface area (Å²) in [7, 11) is 5.25. The van der Waals surface area contributed by atoms with Crippen molar-refractivity contribution >= 4 is 15.9 Å². The number of likely N-dealkylation sites (N-methyl/N-ethyl adjacent to an activating group) is 1. The lowest BCUT2D eigenvalue weighted by Gasteiger charge is -2.15. The van der Waals surface area contributed by atoms with Gasteiger partial charge in [0.15, 0.2) is 11.5 Å². The molecule has 0 saturated heterocycles. The molecule has 1 aromatic carbocycles. The van der Waals surface area contributed by atoms with E-state index < -0.39 is 0 Å². The second-order valence-corrected chi connectivity index (χ2v) is 4.37. The van der Waals surface area contributed by atoms with Crippen molar-refractivity contribution in [3.8, 4) is 11.5 Å². The zero-order valence-corrected chi connectivity index (χ0v) is 11.8. The Morgan fingerprint density at radius 1 is 1.31 bits per heavy atom. The molecule has 1 rings (SSSR count). The molecule has 3 nitrogen and oxygen atoms in total. The topological polar surface area (TPSA) is 30.5 Å². The molecule has 0 fully saturated rings. The molecule has 0 aliphatic heterocycles. The molecular formula is C12H18BrNO2. The first-order chi connectivity index (χ1) is 7.65. The van der Waals surface area contributed by atoms with Crippen LogP contribution in [0.1, 0.15) is 11.1 Å². The number of benzene rings is 1. The Morgan fingerprint density at radius 3 is 2.50 bits per heavy atom. The summed E-state index contributed by atoms with van der Waals surface area (Å²) in [5.41, 5.74) is 2.46. The molecule has 90 valence electrons. The molecule has 0 atom stereocenters. The Labute approximate surface area is 105 Å². The Kier molecular flexibility index (Phi) is 5.09. The fourth-order valence-electron chi connectivity index (χ4n) is 1.67. The fourth-order valence-corrected chi connectivity index (χ4v) is 2.53. The van der Waals surface area contributed by atoms with Crippen molar-refractivity contribution in [2.24, 2.45) is 0 Å². The molecule has 0 aliphatic carbocycles. The van der Waals surface area contributed by atoms with E-state index in [2.05, 4.69) is 28.2 Å². The van der Waals surface area contributed by atoms with E-state index >= 15 is 0 Å². The predicted octanol–water partition coefficient (Wildman–Crippen LogP) is 2.54. The van der Waals surface area contributed by atoms with Gasteiger partial charge in [-0.1, -0.05) is 0 Å². The largest absolute Gasteiger partial charge is 0.493 e. The molecule has 0 heterocycles. The second kappa shape index (κ2) is 6.11. The van der Waals surface area contributed by atoms with E-state index in [9.17, 15) is 0 Å². The van der Waals surface area contributed by atoms with Crippen LogP contribution in [0.3, 0.4) is 0 Å². The Bertz CT molecular complexity index is 367. The van der Waals surface area contributed by atoms with E-state index in [4.69, 9.17) is 9.47 Å². The summed E-state index contributed by atoms with van der Waals surface area (Å²) in [6, 6.07) is 2.01. The van der Waals surface area contributed by atoms with E-state index in [-0.39, 0.29) is 0 Å². The van der Waals surface area contributed by atoms with Gasteiger partial charge in [-0.2, -0.15) is 0 Å². The third-order valence-corrected chi connectivity index (χ3v) is 3.40. The minimum atomic E-state index is 0.763. The molecule has 0 aromatic heterocycles. The molecule has 1 aromatic rings. The van der Waals surface area contributed by atoms with Crippen LogP contribution in [0.5, 0.6) is 11.5 Å². The number of ether oxygens (including phenoxy) is 2. The van der Waals surface area contributed by atoms with Gasteiger partial charge in [-0.3, -0.25) is 0 Å². The third kappa shape index (κ3) is 2.68. The number of hydrogen-bond donors (Lipinski definition) is 1. The average molecular weight is 288 g/mol. The van der Waals surface area contributed by atoms with Gasteiger partial charge in [0.1, 0.15) is 0 Å². The van der Waals surface area contributed by atoms with Gasteiger partial charge >= 0.3 is 0 Å². The van der Waals surface area contributed by atoms with E-state index in [1.54, 1.807) is 14.2 Å². The number of rotatable bonds is 5. The van der Waals surface area contributed by atoms with E-state index in [1.807, 2.05) is 13.1 Å². The van der Waals surface area contributed by atoms with Crippen molar-refractivity contribution < 1.29 is 9.47 Å². The van der Waals surface area contributed by atoms with Gasteiger partial charge in [-0.05, 0) is 60.1 Å². The van der Waals surface area contributed by atoms with Gasteiger partial charge in [-0.15, -0.1) is 0 Å². The van der Waals surface area contributed by atoms with Gasteiger partial charge < -0.3 is 14.8 Å². The first-order valence-corrected chi connectivity index (χ1v) is 5.99. The summed E-state index contributed by atoms with van der Waals surface area (Å²) in [6.07, 6.45) is 0.962. The van der Waals surface area contributed by atoms with Crippen LogP contribution in [0, 0.1) is 6.92 Å². The highest BCUT2D eigenvalue weighted by atomic mass is 79.9. The molecule has 0 aliphatic rings. The molecule has 0 radical (unpaired) electrons. The lowest BCUT2D eigenvalue weighted by Crippen LogP contribution is -2.12. The minimum Gasteiger partial charge on any atom is -0.493 e. The van der Waals surface area contributed by atoms with Crippen LogP contribution in [0.25, 0.3) is 0 Å². The Balaban J connectivity index is 3.18. The van der Waals surface area contributed by atoms with Gasteiger partial charge in [0.2, 0.25) is 0 Å². The van der Waals surface area contributed by atoms with Crippen molar-refractivity contribution in [2.75, 3.05) is 27.8 Å². The van der Waals surface area contributed by atoms with Gasteiger partial charge in [0, 0.05) is 0 Å². The van der Waals surface area contributed by atoms with Gasteiger partial charge in [0.25, 0.3) is 0 Å². The molecule has 16 heavy (non-hydrogen) atoms. The summed E-state index contributed by atoms with van der Waals surface area (Å²) in [4.78, 5) is 0. The Morgan fingerprint density at radius 2 is 2.00 bits per heavy atom. The van der Waals surface area contributed by atoms with Crippen molar-refractivity contribution in [3.05, 3.63) is 21.7 Å². The molecular weight excluding hydrogens is 270 g/mol. The second-order valence-electron chi connectivity index (χ2n) is 3.58. The number of nitrogens with one attached hydrogen (secondary N) is 1. The quantitative estimate of drug-likeness (QED) is 0.903. The summed E-state index contributed by atoms with van der Waals surface area (Å²) in [5.74, 6) is 1.53. The van der Waals surface area contributed by atoms with E-state index in [0.717, 1.165) is 28.9 Å². The van der Waals surface area contributed by atoms with Crippen LogP contribution in [0.15, 0.2) is 10.5 Å². The predicted molar refractivity (Wildman–Crippen MR) is 69.6 cm³/mol. The lowest BCUT2D eigenvalue weighted by atomic mass is 10.0. The van der Waals surface area contributed by atoms with E-state index in [0.29, 0.717) is 0 Å². The normalized spacial score (nSPS) is 10.3. The zero-order chi connectivity index (χ0) is 12.1. The molecule has 0 bridgehead atoms. The highest BCUT2D eigenvalue weighted by Gasteiger charge is 2.15. The monoisotopic (exact) mass is 287 g/mol. The van der Waals surface area contributed by atoms with Crippen LogP contribution in [0.4, 0.5) is 0 Å². The highest BCUT2D eigenvalue weighted by Crippen LogP contribution is 2.39. The first kappa shape index (κ1) is 13.3. The summed E-state index contributed by atoms with van der Waals surface area (Å²) in [6.45, 7) is 3.02. The van der Waals surface area contributed by atoms with Crippen molar-refractivity contribution in [1.29, 1.82) is 0 Å². The third-order valence-electron chi connectivity index (χ3n) is 2.56. The van der Waals surface area contributed by atoms with Crippen LogP contribution in [0.2, 0.25) is 0 Å². The highest BCUT2D eigenvalue weighted by molar-refractivity contribution is 9.10. The maximum absolute atomic E-state index is 5.35. The molecule has 0 saturated carbocycles. The van der Waals surface area contributed by atoms with Crippen molar-refractivity contribution in [1.82, 2.24) is 5.32 Å².